The Morgan fingerprint density at radius 3 is 2.38 bits per heavy atom. The number of halogens is 3. The average molecular weight is 365 g/mol. The van der Waals surface area contributed by atoms with Gasteiger partial charge in [-0.3, -0.25) is 9.59 Å². The summed E-state index contributed by atoms with van der Waals surface area (Å²) in [6, 6.07) is 10.2. The lowest BCUT2D eigenvalue weighted by Gasteiger charge is -2.12. The Morgan fingerprint density at radius 1 is 1.04 bits per heavy atom. The summed E-state index contributed by atoms with van der Waals surface area (Å²) in [6.45, 7) is 0.593. The van der Waals surface area contributed by atoms with Crippen molar-refractivity contribution in [2.24, 2.45) is 0 Å². The number of ether oxygens (including phenoxy) is 1. The van der Waals surface area contributed by atoms with Crippen molar-refractivity contribution in [1.82, 2.24) is 0 Å². The number of nitrogens with one attached hydrogen (secondary N) is 1. The van der Waals surface area contributed by atoms with Gasteiger partial charge < -0.3 is 10.1 Å². The summed E-state index contributed by atoms with van der Waals surface area (Å²) in [5, 5.41) is 2.40. The summed E-state index contributed by atoms with van der Waals surface area (Å²) in [5.41, 5.74) is -1.14. The van der Waals surface area contributed by atoms with Gasteiger partial charge in [0.15, 0.2) is 12.4 Å². The van der Waals surface area contributed by atoms with Gasteiger partial charge in [0, 0.05) is 11.3 Å². The van der Waals surface area contributed by atoms with E-state index in [1.807, 2.05) is 0 Å². The van der Waals surface area contributed by atoms with Gasteiger partial charge in [-0.25, -0.2) is 4.79 Å². The third kappa shape index (κ3) is 4.92. The lowest BCUT2D eigenvalue weighted by molar-refractivity contribution is -0.138. The number of hydrogen-bond donors (Lipinski definition) is 1. The van der Waals surface area contributed by atoms with Crippen molar-refractivity contribution in [2.45, 2.75) is 13.1 Å². The fourth-order valence-corrected chi connectivity index (χ4v) is 2.13. The van der Waals surface area contributed by atoms with Gasteiger partial charge in [0.1, 0.15) is 0 Å². The molecule has 26 heavy (non-hydrogen) atoms. The third-order valence-corrected chi connectivity index (χ3v) is 3.34. The minimum Gasteiger partial charge on any atom is -0.452 e. The van der Waals surface area contributed by atoms with E-state index in [0.29, 0.717) is 11.3 Å². The molecule has 0 unspecified atom stereocenters. The van der Waals surface area contributed by atoms with Crippen LogP contribution in [0, 0.1) is 0 Å². The van der Waals surface area contributed by atoms with E-state index in [4.69, 9.17) is 0 Å². The fraction of sp³-hybridized carbons (Fsp3) is 0.167. The highest BCUT2D eigenvalue weighted by molar-refractivity contribution is 5.98. The number of ketones is 1. The Bertz CT molecular complexity index is 846. The molecular formula is C18H14F3NO4. The maximum absolute atomic E-state index is 12.9. The number of carbonyl (C=O) groups excluding carboxylic acids is 3. The van der Waals surface area contributed by atoms with E-state index in [-0.39, 0.29) is 5.78 Å². The molecule has 0 heterocycles. The molecule has 2 aromatic rings. The van der Waals surface area contributed by atoms with Crippen LogP contribution in [0.2, 0.25) is 0 Å². The van der Waals surface area contributed by atoms with Crippen molar-refractivity contribution in [3.05, 3.63) is 65.2 Å². The normalized spacial score (nSPS) is 10.9. The lowest BCUT2D eigenvalue weighted by atomic mass is 10.1. The summed E-state index contributed by atoms with van der Waals surface area (Å²) in [7, 11) is 0. The second kappa shape index (κ2) is 7.81. The second-order valence-corrected chi connectivity index (χ2v) is 5.30. The molecule has 0 aliphatic rings. The summed E-state index contributed by atoms with van der Waals surface area (Å²) in [6.07, 6.45) is -4.72. The zero-order valence-corrected chi connectivity index (χ0v) is 13.6. The Labute approximate surface area is 146 Å². The number of hydrogen-bond acceptors (Lipinski definition) is 4. The van der Waals surface area contributed by atoms with Gasteiger partial charge in [0.2, 0.25) is 0 Å². The maximum Gasteiger partial charge on any atom is 0.417 e. The number of carbonyl (C=O) groups is 3. The maximum atomic E-state index is 12.9. The van der Waals surface area contributed by atoms with E-state index < -0.39 is 35.8 Å². The first kappa shape index (κ1) is 19.2. The summed E-state index contributed by atoms with van der Waals surface area (Å²) < 4.78 is 43.3. The van der Waals surface area contributed by atoms with E-state index in [1.165, 1.54) is 25.1 Å². The highest BCUT2D eigenvalue weighted by Crippen LogP contribution is 2.32. The van der Waals surface area contributed by atoms with Gasteiger partial charge in [-0.05, 0) is 31.2 Å². The van der Waals surface area contributed by atoms with Crippen LogP contribution < -0.4 is 5.32 Å². The van der Waals surface area contributed by atoms with Gasteiger partial charge in [0.25, 0.3) is 5.91 Å². The predicted octanol–water partition coefficient (Wildman–Crippen LogP) is 3.70. The number of amides is 1. The van der Waals surface area contributed by atoms with E-state index >= 15 is 0 Å². The molecule has 0 aromatic heterocycles. The van der Waals surface area contributed by atoms with E-state index in [1.54, 1.807) is 12.1 Å². The van der Waals surface area contributed by atoms with Crippen LogP contribution in [0.25, 0.3) is 0 Å². The highest BCUT2D eigenvalue weighted by atomic mass is 19.4. The first-order valence-electron chi connectivity index (χ1n) is 7.42. The third-order valence-electron chi connectivity index (χ3n) is 3.34. The number of esters is 1. The summed E-state index contributed by atoms with van der Waals surface area (Å²) >= 11 is 0. The molecule has 136 valence electrons. The Kier molecular flexibility index (Phi) is 5.76. The first-order chi connectivity index (χ1) is 12.2. The van der Waals surface area contributed by atoms with Crippen LogP contribution in [0.3, 0.4) is 0 Å². The molecule has 1 N–H and O–H groups in total. The van der Waals surface area contributed by atoms with Crippen molar-refractivity contribution in [3.8, 4) is 0 Å². The molecule has 0 spiro atoms. The SMILES string of the molecule is CC(=O)c1cccc(NC(=O)COC(=O)c2ccccc2C(F)(F)F)c1. The van der Waals surface area contributed by atoms with Crippen LogP contribution in [0.5, 0.6) is 0 Å². The zero-order valence-electron chi connectivity index (χ0n) is 13.6. The lowest BCUT2D eigenvalue weighted by Crippen LogP contribution is -2.22. The number of rotatable bonds is 5. The largest absolute Gasteiger partial charge is 0.452 e. The van der Waals surface area contributed by atoms with Crippen LogP contribution in [0.15, 0.2) is 48.5 Å². The van der Waals surface area contributed by atoms with Crippen LogP contribution in [0.4, 0.5) is 18.9 Å². The predicted molar refractivity (Wildman–Crippen MR) is 86.8 cm³/mol. The Morgan fingerprint density at radius 2 is 1.73 bits per heavy atom. The van der Waals surface area contributed by atoms with Gasteiger partial charge in [-0.2, -0.15) is 13.2 Å². The number of anilines is 1. The van der Waals surface area contributed by atoms with E-state index in [9.17, 15) is 27.6 Å². The van der Waals surface area contributed by atoms with Crippen LogP contribution in [-0.2, 0) is 15.7 Å². The molecule has 0 aliphatic carbocycles. The molecule has 0 saturated carbocycles. The van der Waals surface area contributed by atoms with E-state index in [2.05, 4.69) is 10.1 Å². The standard InChI is InChI=1S/C18H14F3NO4/c1-11(23)12-5-4-6-13(9-12)22-16(24)10-26-17(25)14-7-2-3-8-15(14)18(19,20)21/h2-9H,10H2,1H3,(H,22,24). The molecule has 2 rings (SSSR count). The monoisotopic (exact) mass is 365 g/mol. The molecule has 1 amide bonds. The number of benzene rings is 2. The van der Waals surface area contributed by atoms with Gasteiger partial charge >= 0.3 is 12.1 Å². The molecule has 0 saturated heterocycles. The van der Waals surface area contributed by atoms with Crippen molar-refractivity contribution >= 4 is 23.3 Å². The van der Waals surface area contributed by atoms with Crippen molar-refractivity contribution in [2.75, 3.05) is 11.9 Å². The highest BCUT2D eigenvalue weighted by Gasteiger charge is 2.35. The molecule has 0 fully saturated rings. The van der Waals surface area contributed by atoms with Gasteiger partial charge in [0.05, 0.1) is 11.1 Å². The second-order valence-electron chi connectivity index (χ2n) is 5.30. The number of alkyl halides is 3. The van der Waals surface area contributed by atoms with Gasteiger partial charge in [-0.1, -0.05) is 24.3 Å². The molecule has 0 atom stereocenters. The minimum atomic E-state index is -4.72. The molecule has 0 aliphatic heterocycles. The summed E-state index contributed by atoms with van der Waals surface area (Å²) in [5.74, 6) is -2.20. The fourth-order valence-electron chi connectivity index (χ4n) is 2.13. The van der Waals surface area contributed by atoms with Crippen LogP contribution in [0.1, 0.15) is 33.2 Å². The van der Waals surface area contributed by atoms with Gasteiger partial charge in [-0.15, -0.1) is 0 Å². The average Bonchev–Trinajstić information content (AvgIpc) is 2.59. The Hall–Kier alpha value is -3.16. The first-order valence-corrected chi connectivity index (χ1v) is 7.42. The quantitative estimate of drug-likeness (QED) is 0.648. The molecule has 2 aromatic carbocycles. The van der Waals surface area contributed by atoms with Crippen LogP contribution in [-0.4, -0.2) is 24.3 Å². The van der Waals surface area contributed by atoms with E-state index in [0.717, 1.165) is 18.2 Å². The molecule has 0 bridgehead atoms. The van der Waals surface area contributed by atoms with Crippen molar-refractivity contribution < 1.29 is 32.3 Å². The van der Waals surface area contributed by atoms with Crippen molar-refractivity contribution in [3.63, 3.8) is 0 Å². The number of Topliss-reactive ketones (excluding diaryl/α,β-unsaturated/α-hetero) is 1. The molecular weight excluding hydrogens is 351 g/mol. The van der Waals surface area contributed by atoms with Crippen LogP contribution >= 0.6 is 0 Å². The smallest absolute Gasteiger partial charge is 0.417 e. The molecule has 8 heteroatoms. The Balaban J connectivity index is 2.01. The molecule has 5 nitrogen and oxygen atoms in total. The zero-order chi connectivity index (χ0) is 19.3. The topological polar surface area (TPSA) is 72.5 Å². The molecule has 0 radical (unpaired) electrons. The minimum absolute atomic E-state index is 0.198. The van der Waals surface area contributed by atoms with Crippen molar-refractivity contribution in [1.29, 1.82) is 0 Å². The summed E-state index contributed by atoms with van der Waals surface area (Å²) in [4.78, 5) is 35.0.